The molecule has 1 aliphatic rings. The number of nitrogens with two attached hydrogens (primary N) is 1. The Hall–Kier alpha value is -3.03. The van der Waals surface area contributed by atoms with Gasteiger partial charge < -0.3 is 10.5 Å². The third-order valence-electron chi connectivity index (χ3n) is 4.03. The zero-order valence-electron chi connectivity index (χ0n) is 13.8. The monoisotopic (exact) mass is 367 g/mol. The Labute approximate surface area is 154 Å². The summed E-state index contributed by atoms with van der Waals surface area (Å²) < 4.78 is 7.04. The van der Waals surface area contributed by atoms with Crippen LogP contribution in [0.3, 0.4) is 0 Å². The maximum Gasteiger partial charge on any atom is 0.288 e. The summed E-state index contributed by atoms with van der Waals surface area (Å²) in [4.78, 5) is 20.5. The molecule has 8 heteroatoms. The molecule has 0 radical (unpaired) electrons. The molecule has 4 rings (SSSR count). The van der Waals surface area contributed by atoms with Gasteiger partial charge in [0.1, 0.15) is 0 Å². The van der Waals surface area contributed by atoms with Crippen molar-refractivity contribution in [2.24, 2.45) is 10.7 Å². The Morgan fingerprint density at radius 2 is 2.00 bits per heavy atom. The zero-order chi connectivity index (χ0) is 18.3. The molecule has 0 saturated heterocycles. The number of nitrogens with zero attached hydrogens (tertiary/aromatic N) is 4. The fraction of sp³-hybridized carbons (Fsp3) is 0.111. The lowest BCUT2D eigenvalue weighted by atomic mass is 10.0. The number of fused-ring (bicyclic) bond motifs is 3. The summed E-state index contributed by atoms with van der Waals surface area (Å²) >= 11 is 6.23. The van der Waals surface area contributed by atoms with E-state index in [1.807, 2.05) is 30.3 Å². The quantitative estimate of drug-likeness (QED) is 0.769. The molecule has 130 valence electrons. The van der Waals surface area contributed by atoms with Crippen LogP contribution in [0.15, 0.2) is 53.5 Å². The summed E-state index contributed by atoms with van der Waals surface area (Å²) in [5, 5.41) is 4.80. The molecule has 0 saturated carbocycles. The van der Waals surface area contributed by atoms with Gasteiger partial charge in [-0.25, -0.2) is 14.7 Å². The van der Waals surface area contributed by atoms with Gasteiger partial charge in [-0.1, -0.05) is 41.9 Å². The summed E-state index contributed by atoms with van der Waals surface area (Å²) in [6.45, 7) is 0. The number of hydrogen-bond acceptors (Lipinski definition) is 5. The number of halogens is 1. The molecule has 3 aromatic rings. The highest BCUT2D eigenvalue weighted by atomic mass is 35.5. The van der Waals surface area contributed by atoms with E-state index in [2.05, 4.69) is 10.1 Å². The fourth-order valence-corrected chi connectivity index (χ4v) is 3.05. The van der Waals surface area contributed by atoms with Crippen molar-refractivity contribution >= 4 is 23.2 Å². The predicted octanol–water partition coefficient (Wildman–Crippen LogP) is 2.52. The Balaban J connectivity index is 2.03. The lowest BCUT2D eigenvalue weighted by Crippen LogP contribution is -2.14. The number of carbonyl (C=O) groups excluding carboxylic acids is 1. The van der Waals surface area contributed by atoms with Crippen LogP contribution in [0.25, 0.3) is 5.69 Å². The van der Waals surface area contributed by atoms with Gasteiger partial charge in [0, 0.05) is 23.3 Å². The minimum atomic E-state index is -0.753. The normalized spacial score (nSPS) is 15.6. The van der Waals surface area contributed by atoms with Gasteiger partial charge in [-0.3, -0.25) is 4.79 Å². The molecule has 0 aliphatic carbocycles. The lowest BCUT2D eigenvalue weighted by Gasteiger charge is -2.11. The van der Waals surface area contributed by atoms with Crippen LogP contribution in [0.4, 0.5) is 0 Å². The van der Waals surface area contributed by atoms with Crippen molar-refractivity contribution in [2.75, 3.05) is 7.11 Å². The van der Waals surface area contributed by atoms with E-state index in [-0.39, 0.29) is 5.82 Å². The Morgan fingerprint density at radius 1 is 1.23 bits per heavy atom. The van der Waals surface area contributed by atoms with Crippen molar-refractivity contribution in [3.63, 3.8) is 0 Å². The smallest absolute Gasteiger partial charge is 0.288 e. The zero-order valence-corrected chi connectivity index (χ0v) is 14.5. The van der Waals surface area contributed by atoms with E-state index in [0.717, 1.165) is 11.1 Å². The van der Waals surface area contributed by atoms with Crippen LogP contribution in [0.1, 0.15) is 33.8 Å². The Bertz CT molecular complexity index is 1030. The van der Waals surface area contributed by atoms with Crippen LogP contribution in [0.2, 0.25) is 5.02 Å². The second-order valence-electron chi connectivity index (χ2n) is 5.66. The number of aliphatic imine (C=N–C) groups is 1. The predicted molar refractivity (Wildman–Crippen MR) is 96.7 cm³/mol. The van der Waals surface area contributed by atoms with Crippen LogP contribution in [-0.2, 0) is 4.74 Å². The third kappa shape index (κ3) is 2.67. The van der Waals surface area contributed by atoms with Crippen molar-refractivity contribution in [3.05, 3.63) is 76.3 Å². The third-order valence-corrected chi connectivity index (χ3v) is 4.27. The fourth-order valence-electron chi connectivity index (χ4n) is 2.88. The molecule has 0 bridgehead atoms. The minimum absolute atomic E-state index is 0.0960. The van der Waals surface area contributed by atoms with Crippen LogP contribution < -0.4 is 5.73 Å². The molecule has 1 aliphatic heterocycles. The second-order valence-corrected chi connectivity index (χ2v) is 6.10. The maximum atomic E-state index is 11.5. The average molecular weight is 368 g/mol. The first-order chi connectivity index (χ1) is 12.6. The van der Waals surface area contributed by atoms with E-state index >= 15 is 0 Å². The number of hydrogen-bond donors (Lipinski definition) is 1. The van der Waals surface area contributed by atoms with Crippen LogP contribution in [-0.4, -0.2) is 33.5 Å². The van der Waals surface area contributed by atoms with Crippen molar-refractivity contribution in [1.82, 2.24) is 14.8 Å². The van der Waals surface area contributed by atoms with E-state index in [9.17, 15) is 4.79 Å². The first-order valence-corrected chi connectivity index (χ1v) is 8.19. The van der Waals surface area contributed by atoms with Gasteiger partial charge in [-0.2, -0.15) is 0 Å². The molecule has 2 aromatic carbocycles. The number of ether oxygens (including phenoxy) is 1. The lowest BCUT2D eigenvalue weighted by molar-refractivity contribution is 0.0985. The van der Waals surface area contributed by atoms with E-state index in [4.69, 9.17) is 27.1 Å². The number of carbonyl (C=O) groups is 1. The molecule has 1 unspecified atom stereocenters. The SMILES string of the molecule is COC1N=C(c2ccccc2)c2cc(Cl)ccc2-n2nc(C(N)=O)nc21. The minimum Gasteiger partial charge on any atom is -0.363 e. The van der Waals surface area contributed by atoms with Crippen LogP contribution in [0, 0.1) is 0 Å². The largest absolute Gasteiger partial charge is 0.363 e. The van der Waals surface area contributed by atoms with E-state index < -0.39 is 12.1 Å². The first-order valence-electron chi connectivity index (χ1n) is 7.81. The summed E-state index contributed by atoms with van der Waals surface area (Å²) in [6.07, 6.45) is -0.753. The molecule has 0 spiro atoms. The number of primary amides is 1. The van der Waals surface area contributed by atoms with E-state index in [1.165, 1.54) is 11.8 Å². The highest BCUT2D eigenvalue weighted by Gasteiger charge is 2.29. The number of aromatic nitrogens is 3. The van der Waals surface area contributed by atoms with Gasteiger partial charge >= 0.3 is 0 Å². The molecule has 2 N–H and O–H groups in total. The van der Waals surface area contributed by atoms with Gasteiger partial charge in [0.25, 0.3) is 5.91 Å². The number of benzene rings is 2. The highest BCUT2D eigenvalue weighted by Crippen LogP contribution is 2.31. The molecule has 7 nitrogen and oxygen atoms in total. The second kappa shape index (κ2) is 6.36. The van der Waals surface area contributed by atoms with Crippen molar-refractivity contribution in [1.29, 1.82) is 0 Å². The standard InChI is InChI=1S/C18H14ClN5O2/c1-26-18-17-22-16(15(20)25)23-24(17)13-8-7-11(19)9-12(13)14(21-18)10-5-3-2-4-6-10/h2-9,18H,1H3,(H2,20,25). The van der Waals surface area contributed by atoms with Crippen molar-refractivity contribution < 1.29 is 9.53 Å². The summed E-state index contributed by atoms with van der Waals surface area (Å²) in [7, 11) is 1.52. The van der Waals surface area contributed by atoms with E-state index in [0.29, 0.717) is 22.2 Å². The van der Waals surface area contributed by atoms with Gasteiger partial charge in [0.2, 0.25) is 12.1 Å². The number of amides is 1. The topological polar surface area (TPSA) is 95.4 Å². The molecule has 1 amide bonds. The summed E-state index contributed by atoms with van der Waals surface area (Å²) in [6, 6.07) is 15.0. The molecule has 2 heterocycles. The Kier molecular flexibility index (Phi) is 4.02. The maximum absolute atomic E-state index is 11.5. The highest BCUT2D eigenvalue weighted by molar-refractivity contribution is 6.31. The van der Waals surface area contributed by atoms with Gasteiger partial charge in [0.15, 0.2) is 5.82 Å². The summed E-state index contributed by atoms with van der Waals surface area (Å²) in [5.41, 5.74) is 8.38. The van der Waals surface area contributed by atoms with Crippen LogP contribution in [0.5, 0.6) is 0 Å². The van der Waals surface area contributed by atoms with Gasteiger partial charge in [-0.05, 0) is 18.2 Å². The Morgan fingerprint density at radius 3 is 2.69 bits per heavy atom. The summed E-state index contributed by atoms with van der Waals surface area (Å²) in [5.74, 6) is -0.444. The molecular formula is C18H14ClN5O2. The van der Waals surface area contributed by atoms with Gasteiger partial charge in [0.05, 0.1) is 11.4 Å². The number of methoxy groups -OCH3 is 1. The number of rotatable bonds is 3. The molecule has 1 aromatic heterocycles. The average Bonchev–Trinajstić information content (AvgIpc) is 3.04. The molecule has 0 fully saturated rings. The first kappa shape index (κ1) is 16.4. The molecule has 26 heavy (non-hydrogen) atoms. The van der Waals surface area contributed by atoms with Gasteiger partial charge in [-0.15, -0.1) is 5.10 Å². The van der Waals surface area contributed by atoms with E-state index in [1.54, 1.807) is 18.2 Å². The van der Waals surface area contributed by atoms with Crippen molar-refractivity contribution in [2.45, 2.75) is 6.23 Å². The molecular weight excluding hydrogens is 354 g/mol. The van der Waals surface area contributed by atoms with Crippen molar-refractivity contribution in [3.8, 4) is 5.69 Å². The molecule has 1 atom stereocenters. The van der Waals surface area contributed by atoms with Crippen LogP contribution >= 0.6 is 11.6 Å².